The summed E-state index contributed by atoms with van der Waals surface area (Å²) in [5, 5.41) is 0.178. The van der Waals surface area contributed by atoms with Crippen molar-refractivity contribution in [3.05, 3.63) is 11.8 Å². The van der Waals surface area contributed by atoms with E-state index in [9.17, 15) is 0 Å². The number of aliphatic imine (C=N–C) groups is 1. The lowest BCUT2D eigenvalue weighted by molar-refractivity contribution is 0.103. The Bertz CT molecular complexity index is 478. The molecule has 0 aromatic carbocycles. The third kappa shape index (κ3) is 3.78. The Morgan fingerprint density at radius 1 is 1.29 bits per heavy atom. The van der Waals surface area contributed by atoms with Crippen LogP contribution in [0.4, 0.5) is 0 Å². The Balaban J connectivity index is 2.10. The number of nitrogens with zero attached hydrogens (tertiary/aromatic N) is 1. The number of rotatable bonds is 2. The Morgan fingerprint density at radius 2 is 1.90 bits per heavy atom. The summed E-state index contributed by atoms with van der Waals surface area (Å²) in [4.78, 5) is 4.35. The van der Waals surface area contributed by atoms with Gasteiger partial charge in [0.15, 0.2) is 8.32 Å². The number of fused-ring (bicyclic) bond motifs is 1. The van der Waals surface area contributed by atoms with Crippen LogP contribution >= 0.6 is 34.8 Å². The van der Waals surface area contributed by atoms with Crippen LogP contribution < -0.4 is 0 Å². The quantitative estimate of drug-likeness (QED) is 0.501. The van der Waals surface area contributed by atoms with Crippen molar-refractivity contribution in [2.24, 2.45) is 10.9 Å². The van der Waals surface area contributed by atoms with Crippen LogP contribution in [0.3, 0.4) is 0 Å². The molecule has 0 spiro atoms. The fraction of sp³-hybridized carbons (Fsp3) is 0.786. The highest BCUT2D eigenvalue weighted by molar-refractivity contribution is 6.76. The molecular weight excluding hydrogens is 349 g/mol. The average molecular weight is 371 g/mol. The SMILES string of the molecule is CC(C)(C)[Si](C)(C)O[C@H]1CC=C2N=C(C(Cl)(Cl)Cl)OC[C@H]21. The number of ether oxygens (including phenoxy) is 1. The van der Waals surface area contributed by atoms with E-state index in [1.807, 2.05) is 0 Å². The van der Waals surface area contributed by atoms with Crippen molar-refractivity contribution in [1.82, 2.24) is 0 Å². The first kappa shape index (κ1) is 17.6. The van der Waals surface area contributed by atoms with Gasteiger partial charge in [0.2, 0.25) is 5.90 Å². The summed E-state index contributed by atoms with van der Waals surface area (Å²) in [6, 6.07) is 0. The Hall–Kier alpha value is 0.257. The van der Waals surface area contributed by atoms with Crippen LogP contribution in [0.1, 0.15) is 27.2 Å². The summed E-state index contributed by atoms with van der Waals surface area (Å²) in [7, 11) is -1.82. The van der Waals surface area contributed by atoms with E-state index in [1.54, 1.807) is 0 Å². The monoisotopic (exact) mass is 369 g/mol. The maximum Gasteiger partial charge on any atom is 0.266 e. The van der Waals surface area contributed by atoms with Gasteiger partial charge in [-0.25, -0.2) is 4.99 Å². The second-order valence-electron chi connectivity index (χ2n) is 7.11. The minimum Gasteiger partial charge on any atom is -0.477 e. The molecule has 1 heterocycles. The average Bonchev–Trinajstić information content (AvgIpc) is 2.68. The predicted molar refractivity (Wildman–Crippen MR) is 91.9 cm³/mol. The zero-order valence-corrected chi connectivity index (χ0v) is 16.3. The maximum absolute atomic E-state index is 6.49. The molecule has 3 nitrogen and oxygen atoms in total. The second kappa shape index (κ2) is 5.71. The van der Waals surface area contributed by atoms with Gasteiger partial charge in [0, 0.05) is 5.70 Å². The first-order chi connectivity index (χ1) is 9.42. The molecule has 0 aromatic rings. The summed E-state index contributed by atoms with van der Waals surface area (Å²) in [5.41, 5.74) is 0.922. The molecule has 1 aliphatic heterocycles. The summed E-state index contributed by atoms with van der Waals surface area (Å²) in [6.45, 7) is 11.7. The van der Waals surface area contributed by atoms with Crippen LogP contribution in [-0.4, -0.2) is 30.7 Å². The van der Waals surface area contributed by atoms with Gasteiger partial charge in [0.05, 0.1) is 12.0 Å². The van der Waals surface area contributed by atoms with Gasteiger partial charge >= 0.3 is 0 Å². The highest BCUT2D eigenvalue weighted by Gasteiger charge is 2.45. The molecule has 120 valence electrons. The van der Waals surface area contributed by atoms with Gasteiger partial charge in [-0.15, -0.1) is 0 Å². The van der Waals surface area contributed by atoms with Crippen molar-refractivity contribution >= 4 is 49.0 Å². The predicted octanol–water partition coefficient (Wildman–Crippen LogP) is 5.08. The minimum atomic E-state index is -1.82. The van der Waals surface area contributed by atoms with Gasteiger partial charge in [-0.2, -0.15) is 0 Å². The molecule has 0 radical (unpaired) electrons. The fourth-order valence-corrected chi connectivity index (χ4v) is 3.87. The molecule has 1 aliphatic carbocycles. The topological polar surface area (TPSA) is 30.8 Å². The van der Waals surface area contributed by atoms with E-state index in [2.05, 4.69) is 44.9 Å². The lowest BCUT2D eigenvalue weighted by Gasteiger charge is -2.40. The molecule has 0 bridgehead atoms. The molecule has 2 rings (SSSR count). The fourth-order valence-electron chi connectivity index (χ4n) is 2.21. The largest absolute Gasteiger partial charge is 0.477 e. The smallest absolute Gasteiger partial charge is 0.266 e. The molecule has 21 heavy (non-hydrogen) atoms. The number of alkyl halides is 3. The molecule has 0 saturated heterocycles. The molecule has 0 unspecified atom stereocenters. The summed E-state index contributed by atoms with van der Waals surface area (Å²) in [6.07, 6.45) is 3.02. The third-order valence-electron chi connectivity index (χ3n) is 4.51. The van der Waals surface area contributed by atoms with Crippen LogP contribution in [0, 0.1) is 5.92 Å². The Kier molecular flexibility index (Phi) is 4.79. The van der Waals surface area contributed by atoms with Crippen LogP contribution in [0.2, 0.25) is 18.1 Å². The van der Waals surface area contributed by atoms with Crippen molar-refractivity contribution in [2.75, 3.05) is 6.61 Å². The maximum atomic E-state index is 6.49. The van der Waals surface area contributed by atoms with E-state index in [-0.39, 0.29) is 23.0 Å². The molecule has 2 aliphatic rings. The van der Waals surface area contributed by atoms with E-state index in [1.165, 1.54) is 0 Å². The Labute approximate surface area is 142 Å². The highest BCUT2D eigenvalue weighted by Crippen LogP contribution is 2.43. The number of hydrogen-bond donors (Lipinski definition) is 0. The van der Waals surface area contributed by atoms with Gasteiger partial charge < -0.3 is 9.16 Å². The molecule has 0 aromatic heterocycles. The van der Waals surface area contributed by atoms with E-state index >= 15 is 0 Å². The summed E-state index contributed by atoms with van der Waals surface area (Å²) < 4.78 is 10.4. The molecule has 7 heteroatoms. The van der Waals surface area contributed by atoms with Crippen LogP contribution in [0.5, 0.6) is 0 Å². The first-order valence-corrected chi connectivity index (χ1v) is 11.1. The van der Waals surface area contributed by atoms with Crippen molar-refractivity contribution in [3.63, 3.8) is 0 Å². The van der Waals surface area contributed by atoms with E-state index in [4.69, 9.17) is 44.0 Å². The van der Waals surface area contributed by atoms with Crippen molar-refractivity contribution in [2.45, 2.75) is 55.2 Å². The zero-order valence-electron chi connectivity index (χ0n) is 13.0. The summed E-state index contributed by atoms with van der Waals surface area (Å²) in [5.74, 6) is 0.290. The Morgan fingerprint density at radius 3 is 2.43 bits per heavy atom. The minimum absolute atomic E-state index is 0.113. The van der Waals surface area contributed by atoms with Crippen molar-refractivity contribution < 1.29 is 9.16 Å². The normalized spacial score (nSPS) is 26.9. The van der Waals surface area contributed by atoms with Crippen LogP contribution in [0.25, 0.3) is 0 Å². The molecule has 0 N–H and O–H groups in total. The van der Waals surface area contributed by atoms with Gasteiger partial charge in [-0.3, -0.25) is 0 Å². The zero-order chi connectivity index (χ0) is 16.1. The molecule has 0 amide bonds. The van der Waals surface area contributed by atoms with Gasteiger partial charge in [0.1, 0.15) is 6.61 Å². The molecule has 0 fully saturated rings. The lowest BCUT2D eigenvalue weighted by atomic mass is 10.1. The van der Waals surface area contributed by atoms with Crippen molar-refractivity contribution in [3.8, 4) is 0 Å². The molecular formula is C14H22Cl3NO2Si. The second-order valence-corrected chi connectivity index (χ2v) is 14.2. The number of hydrogen-bond acceptors (Lipinski definition) is 3. The summed E-state index contributed by atoms with van der Waals surface area (Å²) >= 11 is 17.5. The van der Waals surface area contributed by atoms with Gasteiger partial charge in [-0.1, -0.05) is 61.7 Å². The standard InChI is InChI=1S/C14H22Cl3NO2Si/c1-13(2,3)21(4,5)20-11-7-6-10-9(11)8-19-12(18-10)14(15,16)17/h6,9,11H,7-8H2,1-5H3/t9-,11+/m1/s1. The highest BCUT2D eigenvalue weighted by atomic mass is 35.6. The van der Waals surface area contributed by atoms with Gasteiger partial charge in [-0.05, 0) is 24.6 Å². The molecule has 2 atom stereocenters. The van der Waals surface area contributed by atoms with E-state index < -0.39 is 12.1 Å². The first-order valence-electron chi connectivity index (χ1n) is 7.08. The van der Waals surface area contributed by atoms with E-state index in [0.717, 1.165) is 12.1 Å². The third-order valence-corrected chi connectivity index (χ3v) is 9.50. The molecule has 0 saturated carbocycles. The van der Waals surface area contributed by atoms with E-state index in [0.29, 0.717) is 6.61 Å². The number of halogens is 3. The van der Waals surface area contributed by atoms with Gasteiger partial charge in [0.25, 0.3) is 3.79 Å². The van der Waals surface area contributed by atoms with Crippen LogP contribution in [0.15, 0.2) is 16.8 Å². The van der Waals surface area contributed by atoms with Crippen molar-refractivity contribution in [1.29, 1.82) is 0 Å². The van der Waals surface area contributed by atoms with Crippen LogP contribution in [-0.2, 0) is 9.16 Å². The lowest BCUT2D eigenvalue weighted by Crippen LogP contribution is -2.46.